The number of nitrogens with zero attached hydrogens (tertiary/aromatic N) is 1. The van der Waals surface area contributed by atoms with E-state index in [9.17, 15) is 19.5 Å². The summed E-state index contributed by atoms with van der Waals surface area (Å²) in [5.41, 5.74) is 4.53. The van der Waals surface area contributed by atoms with E-state index >= 15 is 0 Å². The summed E-state index contributed by atoms with van der Waals surface area (Å²) in [6.45, 7) is 3.78. The van der Waals surface area contributed by atoms with Crippen molar-refractivity contribution in [2.24, 2.45) is 5.92 Å². The maximum absolute atomic E-state index is 13.0. The number of carboxylic acid groups (broad SMARTS) is 1. The van der Waals surface area contributed by atoms with Crippen LogP contribution < -0.4 is 5.32 Å². The number of carbonyl (C=O) groups excluding carboxylic acids is 2. The van der Waals surface area contributed by atoms with Gasteiger partial charge >= 0.3 is 12.1 Å². The Morgan fingerprint density at radius 3 is 2.21 bits per heavy atom. The Morgan fingerprint density at radius 1 is 1.06 bits per heavy atom. The minimum Gasteiger partial charge on any atom is -0.480 e. The van der Waals surface area contributed by atoms with E-state index in [-0.39, 0.29) is 37.5 Å². The Balaban J connectivity index is 1.36. The summed E-state index contributed by atoms with van der Waals surface area (Å²) < 4.78 is 10.8. The molecule has 0 aromatic heterocycles. The molecule has 0 radical (unpaired) electrons. The van der Waals surface area contributed by atoms with Gasteiger partial charge in [-0.25, -0.2) is 9.59 Å². The van der Waals surface area contributed by atoms with Crippen LogP contribution in [-0.2, 0) is 19.1 Å². The average Bonchev–Trinajstić information content (AvgIpc) is 3.41. The average molecular weight is 467 g/mol. The first-order valence-electron chi connectivity index (χ1n) is 11.5. The van der Waals surface area contributed by atoms with Crippen LogP contribution in [0.5, 0.6) is 0 Å². The topological polar surface area (TPSA) is 105 Å². The molecule has 0 spiro atoms. The van der Waals surface area contributed by atoms with Crippen LogP contribution in [0.15, 0.2) is 48.5 Å². The van der Waals surface area contributed by atoms with E-state index in [2.05, 4.69) is 17.4 Å². The molecule has 2 N–H and O–H groups in total. The van der Waals surface area contributed by atoms with E-state index in [0.29, 0.717) is 0 Å². The van der Waals surface area contributed by atoms with Gasteiger partial charge in [0.2, 0.25) is 5.91 Å². The Labute approximate surface area is 198 Å². The molecule has 34 heavy (non-hydrogen) atoms. The third kappa shape index (κ3) is 4.50. The van der Waals surface area contributed by atoms with Crippen LogP contribution in [0.1, 0.15) is 37.3 Å². The molecule has 8 nitrogen and oxygen atoms in total. The number of amides is 2. The fraction of sp³-hybridized carbons (Fsp3) is 0.423. The van der Waals surface area contributed by atoms with E-state index in [1.54, 1.807) is 13.8 Å². The predicted octanol–water partition coefficient (Wildman–Crippen LogP) is 3.25. The molecule has 1 saturated heterocycles. The zero-order valence-corrected chi connectivity index (χ0v) is 19.6. The van der Waals surface area contributed by atoms with Gasteiger partial charge in [0.1, 0.15) is 12.6 Å². The van der Waals surface area contributed by atoms with Crippen LogP contribution in [-0.4, -0.2) is 66.4 Å². The summed E-state index contributed by atoms with van der Waals surface area (Å²) >= 11 is 0. The lowest BCUT2D eigenvalue weighted by atomic mass is 9.98. The van der Waals surface area contributed by atoms with Gasteiger partial charge in [0.05, 0.1) is 12.0 Å². The van der Waals surface area contributed by atoms with Gasteiger partial charge in [0.15, 0.2) is 0 Å². The standard InChI is InChI=1S/C26H30N2O6/c1-15(24(29)28-13-17(33-3)12-23(28)25(30)31)16(2)27-26(32)34-14-22-20-10-6-4-8-18(20)19-9-5-7-11-21(19)22/h4-11,15-17,22-23H,12-14H2,1-3H3,(H,27,32)(H,30,31). The molecule has 0 saturated carbocycles. The molecule has 1 aliphatic heterocycles. The van der Waals surface area contributed by atoms with Crippen LogP contribution in [0.3, 0.4) is 0 Å². The number of methoxy groups -OCH3 is 1. The third-order valence-electron chi connectivity index (χ3n) is 6.99. The number of fused-ring (bicyclic) bond motifs is 3. The van der Waals surface area contributed by atoms with Crippen molar-refractivity contribution in [1.82, 2.24) is 10.2 Å². The fourth-order valence-corrected chi connectivity index (χ4v) is 4.87. The molecule has 0 bridgehead atoms. The SMILES string of the molecule is COC1CC(C(=O)O)N(C(=O)C(C)C(C)NC(=O)OCC2c3ccccc3-c3ccccc32)C1. The van der Waals surface area contributed by atoms with E-state index in [1.807, 2.05) is 36.4 Å². The lowest BCUT2D eigenvalue weighted by molar-refractivity contribution is -0.150. The molecule has 1 fully saturated rings. The Bertz CT molecular complexity index is 1040. The van der Waals surface area contributed by atoms with E-state index in [4.69, 9.17) is 9.47 Å². The van der Waals surface area contributed by atoms with E-state index < -0.39 is 30.1 Å². The zero-order chi connectivity index (χ0) is 24.4. The molecule has 1 aliphatic carbocycles. The first-order chi connectivity index (χ1) is 16.3. The van der Waals surface area contributed by atoms with Crippen LogP contribution in [0.25, 0.3) is 11.1 Å². The van der Waals surface area contributed by atoms with Gasteiger partial charge in [0, 0.05) is 32.0 Å². The minimum absolute atomic E-state index is 0.0561. The second kappa shape index (κ2) is 9.85. The number of carboxylic acids is 1. The maximum Gasteiger partial charge on any atom is 0.407 e. The number of nitrogens with one attached hydrogen (secondary N) is 1. The Kier molecular flexibility index (Phi) is 6.88. The fourth-order valence-electron chi connectivity index (χ4n) is 4.87. The molecule has 4 rings (SSSR count). The van der Waals surface area contributed by atoms with Crippen molar-refractivity contribution in [2.75, 3.05) is 20.3 Å². The second-order valence-corrected chi connectivity index (χ2v) is 8.99. The summed E-state index contributed by atoms with van der Waals surface area (Å²) in [6, 6.07) is 14.7. The molecule has 2 aromatic rings. The normalized spacial score (nSPS) is 20.9. The molecule has 4 unspecified atom stereocenters. The predicted molar refractivity (Wildman–Crippen MR) is 125 cm³/mol. The van der Waals surface area contributed by atoms with Crippen LogP contribution in [0, 0.1) is 5.92 Å². The van der Waals surface area contributed by atoms with E-state index in [0.717, 1.165) is 22.3 Å². The number of likely N-dealkylation sites (tertiary alicyclic amines) is 1. The van der Waals surface area contributed by atoms with Crippen LogP contribution in [0.4, 0.5) is 4.79 Å². The lowest BCUT2D eigenvalue weighted by Crippen LogP contribution is -2.49. The summed E-state index contributed by atoms with van der Waals surface area (Å²) in [6.07, 6.45) is -0.680. The maximum atomic E-state index is 13.0. The van der Waals surface area contributed by atoms with Gasteiger partial charge in [-0.3, -0.25) is 4.79 Å². The van der Waals surface area contributed by atoms with Gasteiger partial charge in [-0.1, -0.05) is 55.5 Å². The highest BCUT2D eigenvalue weighted by Gasteiger charge is 2.42. The first kappa shape index (κ1) is 23.8. The van der Waals surface area contributed by atoms with Crippen molar-refractivity contribution < 1.29 is 29.0 Å². The van der Waals surface area contributed by atoms with Crippen molar-refractivity contribution in [2.45, 2.75) is 44.4 Å². The molecule has 180 valence electrons. The molecule has 1 heterocycles. The van der Waals surface area contributed by atoms with Gasteiger partial charge < -0.3 is 24.8 Å². The number of benzene rings is 2. The molecule has 8 heteroatoms. The van der Waals surface area contributed by atoms with Gasteiger partial charge in [-0.05, 0) is 29.2 Å². The Morgan fingerprint density at radius 2 is 1.65 bits per heavy atom. The highest BCUT2D eigenvalue weighted by atomic mass is 16.5. The second-order valence-electron chi connectivity index (χ2n) is 8.99. The smallest absolute Gasteiger partial charge is 0.407 e. The summed E-state index contributed by atoms with van der Waals surface area (Å²) in [4.78, 5) is 38.5. The van der Waals surface area contributed by atoms with Gasteiger partial charge in [-0.15, -0.1) is 0 Å². The van der Waals surface area contributed by atoms with Crippen molar-refractivity contribution in [1.29, 1.82) is 0 Å². The first-order valence-corrected chi connectivity index (χ1v) is 11.5. The molecule has 2 amide bonds. The van der Waals surface area contributed by atoms with Crippen molar-refractivity contribution in [3.05, 3.63) is 59.7 Å². The number of ether oxygens (including phenoxy) is 2. The zero-order valence-electron chi connectivity index (χ0n) is 19.6. The number of carbonyl (C=O) groups is 3. The van der Waals surface area contributed by atoms with Gasteiger partial charge in [0.25, 0.3) is 0 Å². The third-order valence-corrected chi connectivity index (χ3v) is 6.99. The molecule has 2 aromatic carbocycles. The number of hydrogen-bond acceptors (Lipinski definition) is 5. The molecule has 4 atom stereocenters. The van der Waals surface area contributed by atoms with E-state index in [1.165, 1.54) is 12.0 Å². The number of alkyl carbamates (subject to hydrolysis) is 1. The highest BCUT2D eigenvalue weighted by molar-refractivity contribution is 5.86. The quantitative estimate of drug-likeness (QED) is 0.649. The lowest BCUT2D eigenvalue weighted by Gasteiger charge is -2.28. The minimum atomic E-state index is -1.06. The summed E-state index contributed by atoms with van der Waals surface area (Å²) in [5.74, 6) is -2.08. The van der Waals surface area contributed by atoms with Crippen LogP contribution in [0.2, 0.25) is 0 Å². The summed E-state index contributed by atoms with van der Waals surface area (Å²) in [5, 5.41) is 12.2. The number of rotatable bonds is 7. The molecule has 2 aliphatic rings. The van der Waals surface area contributed by atoms with Crippen LogP contribution >= 0.6 is 0 Å². The Hall–Kier alpha value is -3.39. The van der Waals surface area contributed by atoms with Crippen molar-refractivity contribution >= 4 is 18.0 Å². The summed E-state index contributed by atoms with van der Waals surface area (Å²) in [7, 11) is 1.50. The highest BCUT2D eigenvalue weighted by Crippen LogP contribution is 2.44. The van der Waals surface area contributed by atoms with Crippen molar-refractivity contribution in [3.8, 4) is 11.1 Å². The largest absolute Gasteiger partial charge is 0.480 e. The van der Waals surface area contributed by atoms with Crippen molar-refractivity contribution in [3.63, 3.8) is 0 Å². The number of hydrogen-bond donors (Lipinski definition) is 2. The van der Waals surface area contributed by atoms with Gasteiger partial charge in [-0.2, -0.15) is 0 Å². The molecular weight excluding hydrogens is 436 g/mol. The number of aliphatic carboxylic acids is 1. The molecular formula is C26H30N2O6. The monoisotopic (exact) mass is 466 g/mol.